The molecule has 0 heterocycles. The Morgan fingerprint density at radius 3 is 2.26 bits per heavy atom. The lowest BCUT2D eigenvalue weighted by Crippen LogP contribution is -2.34. The number of thiocarbonyl (C=S) groups is 1. The lowest BCUT2D eigenvalue weighted by Gasteiger charge is -2.09. The highest BCUT2D eigenvalue weighted by molar-refractivity contribution is 9.10. The van der Waals surface area contributed by atoms with E-state index < -0.39 is 0 Å². The number of halogens is 1. The highest BCUT2D eigenvalue weighted by Crippen LogP contribution is 2.10. The van der Waals surface area contributed by atoms with E-state index in [0.29, 0.717) is 5.56 Å². The maximum absolute atomic E-state index is 11.9. The number of anilines is 1. The summed E-state index contributed by atoms with van der Waals surface area (Å²) in [6.45, 7) is 0. The summed E-state index contributed by atoms with van der Waals surface area (Å²) in [6, 6.07) is 16.5. The van der Waals surface area contributed by atoms with Crippen molar-refractivity contribution in [2.24, 2.45) is 0 Å². The largest absolute Gasteiger partial charge is 0.332 e. The van der Waals surface area contributed by atoms with Gasteiger partial charge in [0.2, 0.25) is 0 Å². The molecule has 0 aliphatic heterocycles. The number of carbonyl (C=O) groups is 1. The maximum atomic E-state index is 11.9. The van der Waals surface area contributed by atoms with E-state index in [1.54, 1.807) is 12.1 Å². The summed E-state index contributed by atoms with van der Waals surface area (Å²) in [6.07, 6.45) is 0. The van der Waals surface area contributed by atoms with Crippen molar-refractivity contribution in [2.45, 2.75) is 0 Å². The van der Waals surface area contributed by atoms with Crippen LogP contribution in [-0.4, -0.2) is 11.0 Å². The van der Waals surface area contributed by atoms with Gasteiger partial charge in [0, 0.05) is 15.7 Å². The molecule has 0 aliphatic carbocycles. The van der Waals surface area contributed by atoms with Gasteiger partial charge < -0.3 is 5.32 Å². The predicted molar refractivity (Wildman–Crippen MR) is 84.3 cm³/mol. The van der Waals surface area contributed by atoms with E-state index in [2.05, 4.69) is 26.6 Å². The average Bonchev–Trinajstić information content (AvgIpc) is 2.40. The van der Waals surface area contributed by atoms with Crippen molar-refractivity contribution in [3.05, 3.63) is 64.6 Å². The van der Waals surface area contributed by atoms with Gasteiger partial charge in [-0.3, -0.25) is 10.1 Å². The number of amides is 1. The van der Waals surface area contributed by atoms with Gasteiger partial charge in [-0.2, -0.15) is 0 Å². The van der Waals surface area contributed by atoms with Gasteiger partial charge in [0.1, 0.15) is 0 Å². The Bertz CT molecular complexity index is 584. The predicted octanol–water partition coefficient (Wildman–Crippen LogP) is 3.58. The van der Waals surface area contributed by atoms with Crippen LogP contribution in [0.5, 0.6) is 0 Å². The molecule has 0 fully saturated rings. The van der Waals surface area contributed by atoms with Crippen LogP contribution < -0.4 is 10.6 Å². The normalized spacial score (nSPS) is 9.74. The SMILES string of the molecule is O=C(NC(=S)Nc1ccccc1)c1ccc(Br)cc1. The van der Waals surface area contributed by atoms with E-state index in [1.807, 2.05) is 42.5 Å². The van der Waals surface area contributed by atoms with Gasteiger partial charge in [-0.25, -0.2) is 0 Å². The smallest absolute Gasteiger partial charge is 0.257 e. The van der Waals surface area contributed by atoms with E-state index >= 15 is 0 Å². The van der Waals surface area contributed by atoms with Gasteiger partial charge >= 0.3 is 0 Å². The molecule has 0 saturated carbocycles. The van der Waals surface area contributed by atoms with Crippen LogP contribution in [0.3, 0.4) is 0 Å². The molecule has 2 aromatic carbocycles. The first-order valence-electron chi connectivity index (χ1n) is 5.58. The van der Waals surface area contributed by atoms with Crippen molar-refractivity contribution in [1.29, 1.82) is 0 Å². The molecule has 5 heteroatoms. The lowest BCUT2D eigenvalue weighted by atomic mass is 10.2. The van der Waals surface area contributed by atoms with Crippen molar-refractivity contribution in [2.75, 3.05) is 5.32 Å². The van der Waals surface area contributed by atoms with Gasteiger partial charge in [-0.15, -0.1) is 0 Å². The fraction of sp³-hybridized carbons (Fsp3) is 0. The summed E-state index contributed by atoms with van der Waals surface area (Å²) >= 11 is 8.41. The number of nitrogens with one attached hydrogen (secondary N) is 2. The Balaban J connectivity index is 1.95. The highest BCUT2D eigenvalue weighted by Gasteiger charge is 2.07. The van der Waals surface area contributed by atoms with E-state index in [1.165, 1.54) is 0 Å². The van der Waals surface area contributed by atoms with Gasteiger partial charge in [-0.1, -0.05) is 34.1 Å². The van der Waals surface area contributed by atoms with Gasteiger partial charge in [0.05, 0.1) is 0 Å². The Hall–Kier alpha value is -1.72. The van der Waals surface area contributed by atoms with Crippen LogP contribution in [0.25, 0.3) is 0 Å². The van der Waals surface area contributed by atoms with Crippen LogP contribution in [0.4, 0.5) is 5.69 Å². The maximum Gasteiger partial charge on any atom is 0.257 e. The molecule has 3 nitrogen and oxygen atoms in total. The van der Waals surface area contributed by atoms with Gasteiger partial charge in [0.25, 0.3) is 5.91 Å². The molecule has 0 aliphatic rings. The second-order valence-electron chi connectivity index (χ2n) is 3.78. The second kappa shape index (κ2) is 6.45. The van der Waals surface area contributed by atoms with Crippen molar-refractivity contribution >= 4 is 44.9 Å². The molecule has 19 heavy (non-hydrogen) atoms. The molecular formula is C14H11BrN2OS. The molecule has 0 aromatic heterocycles. The molecule has 0 atom stereocenters. The average molecular weight is 335 g/mol. The van der Waals surface area contributed by atoms with E-state index in [-0.39, 0.29) is 11.0 Å². The number of para-hydroxylation sites is 1. The Morgan fingerprint density at radius 2 is 1.63 bits per heavy atom. The van der Waals surface area contributed by atoms with E-state index in [9.17, 15) is 4.79 Å². The molecule has 0 radical (unpaired) electrons. The first kappa shape index (κ1) is 13.7. The highest BCUT2D eigenvalue weighted by atomic mass is 79.9. The van der Waals surface area contributed by atoms with Crippen LogP contribution in [0.15, 0.2) is 59.1 Å². The Morgan fingerprint density at radius 1 is 1.00 bits per heavy atom. The fourth-order valence-corrected chi connectivity index (χ4v) is 1.94. The molecule has 0 spiro atoms. The molecular weight excluding hydrogens is 324 g/mol. The molecule has 0 saturated heterocycles. The first-order chi connectivity index (χ1) is 9.15. The fourth-order valence-electron chi connectivity index (χ4n) is 1.46. The van der Waals surface area contributed by atoms with Crippen LogP contribution in [0.2, 0.25) is 0 Å². The topological polar surface area (TPSA) is 41.1 Å². The van der Waals surface area contributed by atoms with Crippen molar-refractivity contribution in [3.8, 4) is 0 Å². The van der Waals surface area contributed by atoms with Crippen LogP contribution in [0.1, 0.15) is 10.4 Å². The minimum absolute atomic E-state index is 0.235. The number of hydrogen-bond acceptors (Lipinski definition) is 2. The van der Waals surface area contributed by atoms with Crippen LogP contribution >= 0.6 is 28.1 Å². The van der Waals surface area contributed by atoms with E-state index in [4.69, 9.17) is 12.2 Å². The first-order valence-corrected chi connectivity index (χ1v) is 6.78. The molecule has 2 rings (SSSR count). The Labute approximate surface area is 125 Å². The minimum Gasteiger partial charge on any atom is -0.332 e. The molecule has 2 aromatic rings. The summed E-state index contributed by atoms with van der Waals surface area (Å²) in [7, 11) is 0. The Kier molecular flexibility index (Phi) is 4.65. The quantitative estimate of drug-likeness (QED) is 0.825. The van der Waals surface area contributed by atoms with Crippen LogP contribution in [0, 0.1) is 0 Å². The number of carbonyl (C=O) groups excluding carboxylic acids is 1. The summed E-state index contributed by atoms with van der Waals surface area (Å²) < 4.78 is 0.925. The van der Waals surface area contributed by atoms with Crippen molar-refractivity contribution < 1.29 is 4.79 Å². The third kappa shape index (κ3) is 4.15. The monoisotopic (exact) mass is 334 g/mol. The van der Waals surface area contributed by atoms with Gasteiger partial charge in [-0.05, 0) is 48.6 Å². The molecule has 0 unspecified atom stereocenters. The van der Waals surface area contributed by atoms with Gasteiger partial charge in [0.15, 0.2) is 5.11 Å². The summed E-state index contributed by atoms with van der Waals surface area (Å²) in [5.41, 5.74) is 1.39. The summed E-state index contributed by atoms with van der Waals surface area (Å²) in [5, 5.41) is 5.85. The van der Waals surface area contributed by atoms with Crippen LogP contribution in [-0.2, 0) is 0 Å². The minimum atomic E-state index is -0.235. The standard InChI is InChI=1S/C14H11BrN2OS/c15-11-8-6-10(7-9-11)13(18)17-14(19)16-12-4-2-1-3-5-12/h1-9H,(H2,16,17,18,19). The molecule has 1 amide bonds. The zero-order chi connectivity index (χ0) is 13.7. The third-order valence-corrected chi connectivity index (χ3v) is 3.10. The second-order valence-corrected chi connectivity index (χ2v) is 5.11. The zero-order valence-corrected chi connectivity index (χ0v) is 12.3. The zero-order valence-electron chi connectivity index (χ0n) is 9.89. The third-order valence-electron chi connectivity index (χ3n) is 2.37. The number of hydrogen-bond donors (Lipinski definition) is 2. The van der Waals surface area contributed by atoms with E-state index in [0.717, 1.165) is 10.2 Å². The van der Waals surface area contributed by atoms with Crippen molar-refractivity contribution in [1.82, 2.24) is 5.32 Å². The molecule has 96 valence electrons. The number of rotatable bonds is 2. The summed E-state index contributed by atoms with van der Waals surface area (Å²) in [5.74, 6) is -0.235. The molecule has 0 bridgehead atoms. The number of benzene rings is 2. The lowest BCUT2D eigenvalue weighted by molar-refractivity contribution is 0.0977. The van der Waals surface area contributed by atoms with Crippen molar-refractivity contribution in [3.63, 3.8) is 0 Å². The summed E-state index contributed by atoms with van der Waals surface area (Å²) in [4.78, 5) is 11.9. The molecule has 2 N–H and O–H groups in total.